The van der Waals surface area contributed by atoms with E-state index in [0.717, 1.165) is 6.04 Å². The first-order valence-electron chi connectivity index (χ1n) is 10.2. The molecule has 1 aliphatic heterocycles. The molecule has 0 radical (unpaired) electrons. The molecule has 1 fully saturated rings. The first-order valence-corrected chi connectivity index (χ1v) is 14.6. The lowest BCUT2D eigenvalue weighted by molar-refractivity contribution is -0.148. The van der Waals surface area contributed by atoms with Gasteiger partial charge in [-0.05, 0) is 38.9 Å². The van der Waals surface area contributed by atoms with Gasteiger partial charge in [-0.25, -0.2) is 9.69 Å². The summed E-state index contributed by atoms with van der Waals surface area (Å²) in [4.78, 5) is 25.1. The Kier molecular flexibility index (Phi) is 8.24. The smallest absolute Gasteiger partial charge is 0.417 e. The number of amides is 2. The molecule has 0 spiro atoms. The number of alkyl halides is 2. The molecule has 2 amide bonds. The van der Waals surface area contributed by atoms with Crippen molar-refractivity contribution in [1.82, 2.24) is 4.90 Å². The molecule has 1 heterocycles. The van der Waals surface area contributed by atoms with Gasteiger partial charge in [0.25, 0.3) is 0 Å². The van der Waals surface area contributed by atoms with Crippen LogP contribution in [0.5, 0.6) is 5.75 Å². The van der Waals surface area contributed by atoms with Crippen molar-refractivity contribution in [3.05, 3.63) is 27.7 Å². The van der Waals surface area contributed by atoms with E-state index in [4.69, 9.17) is 37.4 Å². The van der Waals surface area contributed by atoms with Crippen LogP contribution in [0.15, 0.2) is 12.1 Å². The standard InChI is InChI=1S/C21H29Cl2F2NO5Si/c1-20(2,3)31-19(28)26-11-13(21(24,25)18(26)27)16-15(8-7-14(22)17(16)23)30-12-29-9-10-32(4,5)6/h7-8,13H,9-12H2,1-6H3. The zero-order valence-corrected chi connectivity index (χ0v) is 21.6. The Morgan fingerprint density at radius 3 is 2.44 bits per heavy atom. The number of benzene rings is 1. The van der Waals surface area contributed by atoms with E-state index in [1.807, 2.05) is 0 Å². The van der Waals surface area contributed by atoms with Gasteiger partial charge in [-0.3, -0.25) is 4.79 Å². The predicted molar refractivity (Wildman–Crippen MR) is 122 cm³/mol. The summed E-state index contributed by atoms with van der Waals surface area (Å²) in [5.74, 6) is -7.33. The molecule has 0 bridgehead atoms. The van der Waals surface area contributed by atoms with Crippen molar-refractivity contribution in [2.75, 3.05) is 19.9 Å². The van der Waals surface area contributed by atoms with E-state index in [0.29, 0.717) is 11.5 Å². The van der Waals surface area contributed by atoms with Crippen LogP contribution < -0.4 is 4.74 Å². The van der Waals surface area contributed by atoms with Gasteiger partial charge in [0, 0.05) is 26.8 Å². The number of hydrogen-bond donors (Lipinski definition) is 0. The second-order valence-corrected chi connectivity index (χ2v) is 16.2. The first-order chi connectivity index (χ1) is 14.5. The maximum absolute atomic E-state index is 15.0. The summed E-state index contributed by atoms with van der Waals surface area (Å²) in [5, 5.41) is -0.151. The van der Waals surface area contributed by atoms with Gasteiger partial charge in [-0.2, -0.15) is 8.78 Å². The molecule has 0 saturated carbocycles. The number of carbonyl (C=O) groups is 2. The fourth-order valence-electron chi connectivity index (χ4n) is 3.00. The van der Waals surface area contributed by atoms with Crippen molar-refractivity contribution in [3.63, 3.8) is 0 Å². The lowest BCUT2D eigenvalue weighted by Crippen LogP contribution is -2.41. The highest BCUT2D eigenvalue weighted by Gasteiger charge is 2.60. The van der Waals surface area contributed by atoms with Crippen molar-refractivity contribution in [2.24, 2.45) is 0 Å². The number of likely N-dealkylation sites (tertiary alicyclic amines) is 1. The van der Waals surface area contributed by atoms with Crippen molar-refractivity contribution in [1.29, 1.82) is 0 Å². The van der Waals surface area contributed by atoms with Crippen LogP contribution in [0.1, 0.15) is 32.3 Å². The highest BCUT2D eigenvalue weighted by atomic mass is 35.5. The van der Waals surface area contributed by atoms with E-state index < -0.39 is 44.1 Å². The van der Waals surface area contributed by atoms with Crippen LogP contribution in [0, 0.1) is 0 Å². The number of carbonyl (C=O) groups excluding carboxylic acids is 2. The normalized spacial score (nSPS) is 18.8. The van der Waals surface area contributed by atoms with Gasteiger partial charge >= 0.3 is 17.9 Å². The van der Waals surface area contributed by atoms with E-state index >= 15 is 8.78 Å². The number of hydrogen-bond acceptors (Lipinski definition) is 5. The summed E-state index contributed by atoms with van der Waals surface area (Å²) in [5.41, 5.74) is -1.11. The molecule has 0 aliphatic carbocycles. The molecule has 1 aromatic rings. The number of rotatable bonds is 7. The fourth-order valence-corrected chi connectivity index (χ4v) is 4.21. The number of ether oxygens (including phenoxy) is 3. The Bertz CT molecular complexity index is 871. The van der Waals surface area contributed by atoms with Crippen LogP contribution >= 0.6 is 23.2 Å². The molecule has 32 heavy (non-hydrogen) atoms. The molecular formula is C21H29Cl2F2NO5Si. The molecule has 1 aromatic carbocycles. The highest BCUT2D eigenvalue weighted by Crippen LogP contribution is 2.48. The van der Waals surface area contributed by atoms with Crippen LogP contribution in [0.4, 0.5) is 13.6 Å². The van der Waals surface area contributed by atoms with Crippen LogP contribution in [-0.4, -0.2) is 56.4 Å². The molecule has 1 aliphatic rings. The van der Waals surface area contributed by atoms with E-state index in [9.17, 15) is 9.59 Å². The Morgan fingerprint density at radius 1 is 1.25 bits per heavy atom. The summed E-state index contributed by atoms with van der Waals surface area (Å²) < 4.78 is 46.2. The van der Waals surface area contributed by atoms with Gasteiger partial charge in [0.05, 0.1) is 16.0 Å². The van der Waals surface area contributed by atoms with Crippen molar-refractivity contribution >= 4 is 43.3 Å². The zero-order valence-electron chi connectivity index (χ0n) is 19.1. The highest BCUT2D eigenvalue weighted by molar-refractivity contribution is 6.76. The van der Waals surface area contributed by atoms with Gasteiger partial charge < -0.3 is 14.2 Å². The van der Waals surface area contributed by atoms with Gasteiger partial charge in [0.15, 0.2) is 6.79 Å². The maximum Gasteiger partial charge on any atom is 0.417 e. The Hall–Kier alpha value is -1.42. The second-order valence-electron chi connectivity index (χ2n) is 9.83. The molecule has 11 heteroatoms. The topological polar surface area (TPSA) is 65.1 Å². The Labute approximate surface area is 198 Å². The minimum Gasteiger partial charge on any atom is -0.467 e. The number of halogens is 4. The zero-order chi connectivity index (χ0) is 24.5. The monoisotopic (exact) mass is 511 g/mol. The number of nitrogens with zero attached hydrogens (tertiary/aromatic N) is 1. The lowest BCUT2D eigenvalue weighted by atomic mass is 9.94. The summed E-state index contributed by atoms with van der Waals surface area (Å²) in [6.45, 7) is 11.0. The number of imide groups is 1. The summed E-state index contributed by atoms with van der Waals surface area (Å²) in [6.07, 6.45) is -1.15. The Morgan fingerprint density at radius 2 is 1.88 bits per heavy atom. The van der Waals surface area contributed by atoms with Crippen molar-refractivity contribution < 1.29 is 32.6 Å². The minimum atomic E-state index is -3.91. The quantitative estimate of drug-likeness (QED) is 0.248. The van der Waals surface area contributed by atoms with Crippen molar-refractivity contribution in [3.8, 4) is 5.75 Å². The molecule has 0 aromatic heterocycles. The van der Waals surface area contributed by atoms with E-state index in [2.05, 4.69) is 19.6 Å². The third-order valence-electron chi connectivity index (χ3n) is 4.68. The summed E-state index contributed by atoms with van der Waals surface area (Å²) in [6, 6.07) is 3.71. The second kappa shape index (κ2) is 9.83. The van der Waals surface area contributed by atoms with Crippen LogP contribution in [0.25, 0.3) is 0 Å². The molecule has 2 rings (SSSR count). The van der Waals surface area contributed by atoms with Gasteiger partial charge in [0.2, 0.25) is 0 Å². The van der Waals surface area contributed by atoms with E-state index in [-0.39, 0.29) is 28.2 Å². The van der Waals surface area contributed by atoms with Crippen LogP contribution in [0.2, 0.25) is 35.7 Å². The third-order valence-corrected chi connectivity index (χ3v) is 7.21. The molecule has 1 atom stereocenters. The van der Waals surface area contributed by atoms with E-state index in [1.165, 1.54) is 12.1 Å². The summed E-state index contributed by atoms with van der Waals surface area (Å²) in [7, 11) is -1.30. The predicted octanol–water partition coefficient (Wildman–Crippen LogP) is 6.18. The Balaban J connectivity index is 2.28. The summed E-state index contributed by atoms with van der Waals surface area (Å²) >= 11 is 12.3. The molecule has 180 valence electrons. The van der Waals surface area contributed by atoms with Crippen LogP contribution in [-0.2, 0) is 14.3 Å². The first kappa shape index (κ1) is 26.8. The molecule has 6 nitrogen and oxygen atoms in total. The average molecular weight is 512 g/mol. The molecular weight excluding hydrogens is 483 g/mol. The average Bonchev–Trinajstić information content (AvgIpc) is 2.86. The third kappa shape index (κ3) is 6.56. The van der Waals surface area contributed by atoms with Crippen molar-refractivity contribution in [2.45, 2.75) is 63.9 Å². The minimum absolute atomic E-state index is 0.0101. The van der Waals surface area contributed by atoms with Crippen LogP contribution in [0.3, 0.4) is 0 Å². The SMILES string of the molecule is CC(C)(C)OC(=O)N1CC(c2c(OCOCC[Si](C)(C)C)ccc(Cl)c2Cl)C(F)(F)C1=O. The molecule has 0 N–H and O–H groups in total. The van der Waals surface area contributed by atoms with E-state index in [1.54, 1.807) is 20.8 Å². The largest absolute Gasteiger partial charge is 0.467 e. The fraction of sp³-hybridized carbons (Fsp3) is 0.619. The maximum atomic E-state index is 15.0. The van der Waals surface area contributed by atoms with Gasteiger partial charge in [-0.15, -0.1) is 0 Å². The molecule has 1 unspecified atom stereocenters. The van der Waals surface area contributed by atoms with Gasteiger partial charge in [-0.1, -0.05) is 42.8 Å². The van der Waals surface area contributed by atoms with Gasteiger partial charge in [0.1, 0.15) is 11.4 Å². The lowest BCUT2D eigenvalue weighted by Gasteiger charge is -2.23. The molecule has 1 saturated heterocycles.